The number of carbonyl (C=O) groups is 2. The summed E-state index contributed by atoms with van der Waals surface area (Å²) in [5, 5.41) is 15.2. The standard InChI is InChI=1S/C18H17BrN4O2S/c19-10-3-1-9(2-4-10)13-11(7-20)15(21)14-16(24)22-17(25)23-18(14)5-6-26-8-12(13)18/h1-4,12-14H,5-6,8,21H2,(H2,22,23,24,25)/t12-,13+,14-,18-/m1/s1. The third kappa shape index (κ3) is 2.45. The van der Waals surface area contributed by atoms with E-state index in [1.807, 2.05) is 24.3 Å². The lowest BCUT2D eigenvalue weighted by Gasteiger charge is -2.56. The molecule has 1 spiro atoms. The van der Waals surface area contributed by atoms with Gasteiger partial charge in [-0.05, 0) is 35.6 Å². The highest BCUT2D eigenvalue weighted by Crippen LogP contribution is 2.54. The molecule has 6 nitrogen and oxygen atoms in total. The summed E-state index contributed by atoms with van der Waals surface area (Å²) in [6, 6.07) is 9.57. The summed E-state index contributed by atoms with van der Waals surface area (Å²) in [6.45, 7) is 0. The van der Waals surface area contributed by atoms with Gasteiger partial charge in [-0.1, -0.05) is 28.1 Å². The van der Waals surface area contributed by atoms with E-state index >= 15 is 0 Å². The van der Waals surface area contributed by atoms with E-state index in [0.29, 0.717) is 12.0 Å². The van der Waals surface area contributed by atoms with Crippen molar-refractivity contribution < 1.29 is 9.59 Å². The molecule has 0 aromatic heterocycles. The van der Waals surface area contributed by atoms with Crippen LogP contribution in [0.2, 0.25) is 0 Å². The summed E-state index contributed by atoms with van der Waals surface area (Å²) in [4.78, 5) is 24.8. The van der Waals surface area contributed by atoms with Gasteiger partial charge >= 0.3 is 6.03 Å². The zero-order chi connectivity index (χ0) is 18.5. The topological polar surface area (TPSA) is 108 Å². The minimum absolute atomic E-state index is 0.0793. The predicted octanol–water partition coefficient (Wildman–Crippen LogP) is 2.23. The lowest BCUT2D eigenvalue weighted by Crippen LogP contribution is -2.73. The van der Waals surface area contributed by atoms with Crippen LogP contribution in [0, 0.1) is 23.2 Å². The van der Waals surface area contributed by atoms with Crippen LogP contribution < -0.4 is 16.4 Å². The van der Waals surface area contributed by atoms with E-state index in [2.05, 4.69) is 32.6 Å². The van der Waals surface area contributed by atoms with E-state index in [1.165, 1.54) is 0 Å². The van der Waals surface area contributed by atoms with Crippen LogP contribution in [0.15, 0.2) is 40.0 Å². The molecular formula is C18H17BrN4O2S. The maximum absolute atomic E-state index is 12.6. The molecule has 4 N–H and O–H groups in total. The summed E-state index contributed by atoms with van der Waals surface area (Å²) in [7, 11) is 0. The molecule has 8 heteroatoms. The molecule has 3 aliphatic rings. The molecule has 2 fully saturated rings. The number of nitrogens with two attached hydrogens (primary N) is 1. The van der Waals surface area contributed by atoms with Crippen LogP contribution in [0.25, 0.3) is 0 Å². The summed E-state index contributed by atoms with van der Waals surface area (Å²) in [5.74, 6) is 0.150. The van der Waals surface area contributed by atoms with E-state index in [9.17, 15) is 14.9 Å². The SMILES string of the molecule is N#CC1=C(N)[C@@H]2C(=O)NC(=O)N[C@@]23CCSC[C@@H]3[C@H]1c1ccc(Br)cc1. The lowest BCUT2D eigenvalue weighted by atomic mass is 9.58. The molecule has 0 bridgehead atoms. The third-order valence-electron chi connectivity index (χ3n) is 5.66. The molecule has 4 atom stereocenters. The fourth-order valence-electron chi connectivity index (χ4n) is 4.58. The number of imide groups is 1. The van der Waals surface area contributed by atoms with Crippen LogP contribution in [0.4, 0.5) is 4.79 Å². The maximum atomic E-state index is 12.6. The number of hydrogen-bond acceptors (Lipinski definition) is 5. The highest BCUT2D eigenvalue weighted by Gasteiger charge is 2.61. The zero-order valence-corrected chi connectivity index (χ0v) is 16.2. The average Bonchev–Trinajstić information content (AvgIpc) is 2.60. The van der Waals surface area contributed by atoms with Gasteiger partial charge in [0.2, 0.25) is 5.91 Å². The number of nitrogens with one attached hydrogen (secondary N) is 2. The normalized spacial score (nSPS) is 33.5. The Labute approximate surface area is 163 Å². The van der Waals surface area contributed by atoms with E-state index < -0.39 is 23.4 Å². The molecular weight excluding hydrogens is 416 g/mol. The van der Waals surface area contributed by atoms with Crippen LogP contribution >= 0.6 is 27.7 Å². The van der Waals surface area contributed by atoms with Crippen LogP contribution in [0.1, 0.15) is 17.9 Å². The van der Waals surface area contributed by atoms with E-state index in [-0.39, 0.29) is 17.5 Å². The van der Waals surface area contributed by atoms with Gasteiger partial charge in [0, 0.05) is 22.0 Å². The van der Waals surface area contributed by atoms with Gasteiger partial charge in [0.05, 0.1) is 17.2 Å². The molecule has 0 saturated carbocycles. The Morgan fingerprint density at radius 3 is 2.73 bits per heavy atom. The molecule has 1 aromatic rings. The number of nitriles is 1. The van der Waals surface area contributed by atoms with Gasteiger partial charge in [-0.15, -0.1) is 0 Å². The Hall–Kier alpha value is -1.98. The number of amides is 3. The van der Waals surface area contributed by atoms with Crippen molar-refractivity contribution in [2.24, 2.45) is 17.6 Å². The van der Waals surface area contributed by atoms with Gasteiger partial charge in [-0.2, -0.15) is 17.0 Å². The van der Waals surface area contributed by atoms with Gasteiger partial charge in [0.1, 0.15) is 5.92 Å². The van der Waals surface area contributed by atoms with Crippen LogP contribution in [-0.2, 0) is 4.79 Å². The molecule has 0 unspecified atom stereocenters. The van der Waals surface area contributed by atoms with E-state index in [4.69, 9.17) is 5.73 Å². The molecule has 1 aromatic carbocycles. The molecule has 2 heterocycles. The van der Waals surface area contributed by atoms with Crippen LogP contribution in [-0.4, -0.2) is 29.0 Å². The Morgan fingerprint density at radius 1 is 1.31 bits per heavy atom. The van der Waals surface area contributed by atoms with Crippen LogP contribution in [0.3, 0.4) is 0 Å². The van der Waals surface area contributed by atoms with Crippen molar-refractivity contribution in [1.82, 2.24) is 10.6 Å². The number of thioether (sulfide) groups is 1. The smallest absolute Gasteiger partial charge is 0.321 e. The van der Waals surface area contributed by atoms with Crippen molar-refractivity contribution >= 4 is 39.6 Å². The fourth-order valence-corrected chi connectivity index (χ4v) is 6.24. The highest BCUT2D eigenvalue weighted by molar-refractivity contribution is 9.10. The first-order chi connectivity index (χ1) is 12.5. The summed E-state index contributed by atoms with van der Waals surface area (Å²) >= 11 is 5.22. The number of carbonyl (C=O) groups excluding carboxylic acids is 2. The minimum atomic E-state index is -0.743. The number of urea groups is 1. The second-order valence-corrected chi connectivity index (χ2v) is 8.92. The van der Waals surface area contributed by atoms with Gasteiger partial charge in [-0.3, -0.25) is 10.1 Å². The Bertz CT molecular complexity index is 863. The molecule has 2 saturated heterocycles. The van der Waals surface area contributed by atoms with Crippen molar-refractivity contribution in [1.29, 1.82) is 5.26 Å². The number of benzene rings is 1. The number of hydrogen-bond donors (Lipinski definition) is 3. The van der Waals surface area contributed by atoms with Crippen molar-refractivity contribution in [2.75, 3.05) is 11.5 Å². The van der Waals surface area contributed by atoms with Crippen molar-refractivity contribution in [3.63, 3.8) is 0 Å². The summed E-state index contributed by atoms with van der Waals surface area (Å²) < 4.78 is 0.948. The molecule has 4 rings (SSSR count). The van der Waals surface area contributed by atoms with E-state index in [1.54, 1.807) is 11.8 Å². The van der Waals surface area contributed by atoms with Crippen molar-refractivity contribution in [3.05, 3.63) is 45.6 Å². The quantitative estimate of drug-likeness (QED) is 0.630. The molecule has 134 valence electrons. The van der Waals surface area contributed by atoms with Gasteiger partial charge in [0.15, 0.2) is 0 Å². The predicted molar refractivity (Wildman–Crippen MR) is 102 cm³/mol. The number of halogens is 1. The first kappa shape index (κ1) is 17.4. The Kier molecular flexibility index (Phi) is 4.24. The zero-order valence-electron chi connectivity index (χ0n) is 13.8. The Balaban J connectivity index is 1.94. The van der Waals surface area contributed by atoms with E-state index in [0.717, 1.165) is 21.5 Å². The summed E-state index contributed by atoms with van der Waals surface area (Å²) in [5.41, 5.74) is 7.31. The molecule has 0 radical (unpaired) electrons. The minimum Gasteiger partial charge on any atom is -0.400 e. The monoisotopic (exact) mass is 432 g/mol. The second kappa shape index (κ2) is 6.32. The molecule has 2 aliphatic heterocycles. The van der Waals surface area contributed by atoms with Gasteiger partial charge in [-0.25, -0.2) is 4.79 Å². The first-order valence-corrected chi connectivity index (χ1v) is 10.3. The average molecular weight is 433 g/mol. The number of rotatable bonds is 1. The third-order valence-corrected chi connectivity index (χ3v) is 7.28. The number of allylic oxidation sites excluding steroid dienone is 1. The molecule has 3 amide bonds. The fraction of sp³-hybridized carbons (Fsp3) is 0.389. The maximum Gasteiger partial charge on any atom is 0.321 e. The van der Waals surface area contributed by atoms with Gasteiger partial charge in [0.25, 0.3) is 0 Å². The largest absolute Gasteiger partial charge is 0.400 e. The van der Waals surface area contributed by atoms with Gasteiger partial charge < -0.3 is 11.1 Å². The summed E-state index contributed by atoms with van der Waals surface area (Å²) in [6.07, 6.45) is 0.651. The highest BCUT2D eigenvalue weighted by atomic mass is 79.9. The molecule has 26 heavy (non-hydrogen) atoms. The second-order valence-electron chi connectivity index (χ2n) is 6.86. The first-order valence-electron chi connectivity index (χ1n) is 8.34. The van der Waals surface area contributed by atoms with Crippen molar-refractivity contribution in [2.45, 2.75) is 17.9 Å². The Morgan fingerprint density at radius 2 is 2.04 bits per heavy atom. The molecule has 1 aliphatic carbocycles. The van der Waals surface area contributed by atoms with Crippen LogP contribution in [0.5, 0.6) is 0 Å². The van der Waals surface area contributed by atoms with Crippen molar-refractivity contribution in [3.8, 4) is 6.07 Å². The number of nitrogens with zero attached hydrogens (tertiary/aromatic N) is 1. The lowest BCUT2D eigenvalue weighted by molar-refractivity contribution is -0.128.